The van der Waals surface area contributed by atoms with Gasteiger partial charge in [0, 0.05) is 24.2 Å². The lowest BCUT2D eigenvalue weighted by Crippen LogP contribution is -2.15. The molecule has 6 heteroatoms. The van der Waals surface area contributed by atoms with Gasteiger partial charge in [0.05, 0.1) is 11.9 Å². The van der Waals surface area contributed by atoms with Gasteiger partial charge in [0.1, 0.15) is 5.82 Å². The fraction of sp³-hybridized carbons (Fsp3) is 0.231. The van der Waals surface area contributed by atoms with E-state index in [-0.39, 0.29) is 18.0 Å². The molecule has 4 nitrogen and oxygen atoms in total. The Labute approximate surface area is 115 Å². The number of anilines is 1. The maximum Gasteiger partial charge on any atom is 0.226 e. The zero-order valence-corrected chi connectivity index (χ0v) is 11.1. The molecule has 1 amide bonds. The third-order valence-corrected chi connectivity index (χ3v) is 2.77. The van der Waals surface area contributed by atoms with Gasteiger partial charge in [-0.2, -0.15) is 5.10 Å². The van der Waals surface area contributed by atoms with Crippen LogP contribution in [0, 0.1) is 12.7 Å². The number of carbonyl (C=O) groups excluding carboxylic acids is 1. The van der Waals surface area contributed by atoms with Crippen LogP contribution in [0.1, 0.15) is 12.0 Å². The van der Waals surface area contributed by atoms with Crippen LogP contribution in [0.4, 0.5) is 10.1 Å². The minimum Gasteiger partial charge on any atom is -0.324 e. The molecule has 0 unspecified atom stereocenters. The summed E-state index contributed by atoms with van der Waals surface area (Å²) >= 11 is 5.63. The second-order valence-electron chi connectivity index (χ2n) is 4.20. The lowest BCUT2D eigenvalue weighted by atomic mass is 10.3. The van der Waals surface area contributed by atoms with Crippen LogP contribution in [0.2, 0.25) is 5.02 Å². The number of aryl methyl sites for hydroxylation is 2. The van der Waals surface area contributed by atoms with E-state index in [1.165, 1.54) is 12.1 Å². The van der Waals surface area contributed by atoms with Gasteiger partial charge in [0.15, 0.2) is 0 Å². The van der Waals surface area contributed by atoms with Crippen molar-refractivity contribution < 1.29 is 9.18 Å². The van der Waals surface area contributed by atoms with Crippen molar-refractivity contribution in [3.05, 3.63) is 47.0 Å². The highest BCUT2D eigenvalue weighted by atomic mass is 35.5. The van der Waals surface area contributed by atoms with Gasteiger partial charge in [-0.05, 0) is 30.7 Å². The highest BCUT2D eigenvalue weighted by Crippen LogP contribution is 2.18. The van der Waals surface area contributed by atoms with Crippen LogP contribution in [0.3, 0.4) is 0 Å². The van der Waals surface area contributed by atoms with Crippen molar-refractivity contribution >= 4 is 23.2 Å². The van der Waals surface area contributed by atoms with E-state index in [4.69, 9.17) is 11.6 Å². The molecule has 1 aromatic carbocycles. The van der Waals surface area contributed by atoms with Gasteiger partial charge in [-0.3, -0.25) is 9.48 Å². The lowest BCUT2D eigenvalue weighted by molar-refractivity contribution is -0.116. The summed E-state index contributed by atoms with van der Waals surface area (Å²) in [6, 6.07) is 4.12. The first-order chi connectivity index (χ1) is 9.04. The van der Waals surface area contributed by atoms with Crippen LogP contribution in [0.15, 0.2) is 30.6 Å². The van der Waals surface area contributed by atoms with Crippen molar-refractivity contribution in [2.75, 3.05) is 5.32 Å². The van der Waals surface area contributed by atoms with Crippen molar-refractivity contribution in [3.8, 4) is 0 Å². The first-order valence-corrected chi connectivity index (χ1v) is 6.16. The lowest BCUT2D eigenvalue weighted by Gasteiger charge is -2.06. The maximum absolute atomic E-state index is 13.5. The van der Waals surface area contributed by atoms with Gasteiger partial charge >= 0.3 is 0 Å². The molecule has 0 bridgehead atoms. The van der Waals surface area contributed by atoms with Crippen LogP contribution in [-0.2, 0) is 11.3 Å². The van der Waals surface area contributed by atoms with Crippen molar-refractivity contribution in [1.29, 1.82) is 0 Å². The largest absolute Gasteiger partial charge is 0.324 e. The van der Waals surface area contributed by atoms with Crippen LogP contribution in [0.5, 0.6) is 0 Å². The quantitative estimate of drug-likeness (QED) is 0.936. The predicted octanol–water partition coefficient (Wildman–Crippen LogP) is 3.01. The van der Waals surface area contributed by atoms with Crippen LogP contribution < -0.4 is 5.32 Å². The molecule has 0 saturated carbocycles. The number of halogens is 2. The van der Waals surface area contributed by atoms with Gasteiger partial charge in [-0.1, -0.05) is 11.6 Å². The SMILES string of the molecule is Cc1cnn(CCC(=O)Nc2ccc(Cl)cc2F)c1. The summed E-state index contributed by atoms with van der Waals surface area (Å²) < 4.78 is 15.1. The van der Waals surface area contributed by atoms with Crippen molar-refractivity contribution in [2.24, 2.45) is 0 Å². The van der Waals surface area contributed by atoms with E-state index >= 15 is 0 Å². The first kappa shape index (κ1) is 13.5. The Hall–Kier alpha value is -1.88. The summed E-state index contributed by atoms with van der Waals surface area (Å²) in [6.45, 7) is 2.38. The molecule has 0 spiro atoms. The molecule has 1 heterocycles. The summed E-state index contributed by atoms with van der Waals surface area (Å²) in [5.41, 5.74) is 1.16. The number of nitrogens with zero attached hydrogens (tertiary/aromatic N) is 2. The Kier molecular flexibility index (Phi) is 4.16. The van der Waals surface area contributed by atoms with Crippen LogP contribution in [-0.4, -0.2) is 15.7 Å². The average molecular weight is 282 g/mol. The fourth-order valence-corrected chi connectivity index (χ4v) is 1.77. The molecule has 100 valence electrons. The van der Waals surface area contributed by atoms with E-state index in [0.29, 0.717) is 11.6 Å². The third kappa shape index (κ3) is 3.79. The van der Waals surface area contributed by atoms with E-state index < -0.39 is 5.82 Å². The Balaban J connectivity index is 1.90. The summed E-state index contributed by atoms with van der Waals surface area (Å²) in [5.74, 6) is -0.815. The van der Waals surface area contributed by atoms with Gasteiger partial charge in [-0.15, -0.1) is 0 Å². The number of hydrogen-bond donors (Lipinski definition) is 1. The molecule has 1 N–H and O–H groups in total. The minimum atomic E-state index is -0.546. The number of nitrogens with one attached hydrogen (secondary N) is 1. The number of rotatable bonds is 4. The van der Waals surface area contributed by atoms with E-state index in [0.717, 1.165) is 11.6 Å². The maximum atomic E-state index is 13.5. The monoisotopic (exact) mass is 281 g/mol. The molecule has 0 saturated heterocycles. The fourth-order valence-electron chi connectivity index (χ4n) is 1.61. The molecular weight excluding hydrogens is 269 g/mol. The number of benzene rings is 1. The molecule has 19 heavy (non-hydrogen) atoms. The summed E-state index contributed by atoms with van der Waals surface area (Å²) in [7, 11) is 0. The zero-order chi connectivity index (χ0) is 13.8. The van der Waals surface area contributed by atoms with Crippen LogP contribution in [0.25, 0.3) is 0 Å². The zero-order valence-electron chi connectivity index (χ0n) is 10.4. The van der Waals surface area contributed by atoms with E-state index in [1.54, 1.807) is 10.9 Å². The molecule has 2 aromatic rings. The van der Waals surface area contributed by atoms with Gasteiger partial charge < -0.3 is 5.32 Å². The molecule has 0 aliphatic rings. The Bertz CT molecular complexity index is 597. The van der Waals surface area contributed by atoms with Gasteiger partial charge in [-0.25, -0.2) is 4.39 Å². The molecule has 0 fully saturated rings. The minimum absolute atomic E-state index is 0.131. The predicted molar refractivity (Wildman–Crippen MR) is 71.6 cm³/mol. The standard InChI is InChI=1S/C13H13ClFN3O/c1-9-7-16-18(8-9)5-4-13(19)17-12-3-2-10(14)6-11(12)15/h2-3,6-8H,4-5H2,1H3,(H,17,19). The number of aromatic nitrogens is 2. The second-order valence-corrected chi connectivity index (χ2v) is 4.64. The molecule has 2 rings (SSSR count). The molecular formula is C13H13ClFN3O. The third-order valence-electron chi connectivity index (χ3n) is 2.54. The summed E-state index contributed by atoms with van der Waals surface area (Å²) in [6.07, 6.45) is 3.79. The Morgan fingerprint density at radius 3 is 2.95 bits per heavy atom. The van der Waals surface area contributed by atoms with Gasteiger partial charge in [0.2, 0.25) is 5.91 Å². The van der Waals surface area contributed by atoms with Crippen molar-refractivity contribution in [2.45, 2.75) is 19.9 Å². The van der Waals surface area contributed by atoms with Crippen LogP contribution >= 0.6 is 11.6 Å². The summed E-state index contributed by atoms with van der Waals surface area (Å²) in [4.78, 5) is 11.7. The van der Waals surface area contributed by atoms with Crippen molar-refractivity contribution in [3.63, 3.8) is 0 Å². The second kappa shape index (κ2) is 5.84. The van der Waals surface area contributed by atoms with E-state index in [9.17, 15) is 9.18 Å². The van der Waals surface area contributed by atoms with Crippen molar-refractivity contribution in [1.82, 2.24) is 9.78 Å². The summed E-state index contributed by atoms with van der Waals surface area (Å²) in [5, 5.41) is 6.86. The Morgan fingerprint density at radius 1 is 1.53 bits per heavy atom. The smallest absolute Gasteiger partial charge is 0.226 e. The molecule has 0 radical (unpaired) electrons. The average Bonchev–Trinajstić information content (AvgIpc) is 2.76. The Morgan fingerprint density at radius 2 is 2.32 bits per heavy atom. The number of carbonyl (C=O) groups is 1. The highest BCUT2D eigenvalue weighted by Gasteiger charge is 2.07. The highest BCUT2D eigenvalue weighted by molar-refractivity contribution is 6.30. The van der Waals surface area contributed by atoms with E-state index in [1.807, 2.05) is 13.1 Å². The topological polar surface area (TPSA) is 46.9 Å². The number of hydrogen-bond acceptors (Lipinski definition) is 2. The molecule has 0 aliphatic heterocycles. The normalized spacial score (nSPS) is 10.5. The van der Waals surface area contributed by atoms with Gasteiger partial charge in [0.25, 0.3) is 0 Å². The molecule has 0 aliphatic carbocycles. The first-order valence-electron chi connectivity index (χ1n) is 5.78. The van der Waals surface area contributed by atoms with E-state index in [2.05, 4.69) is 10.4 Å². The molecule has 0 atom stereocenters. The molecule has 1 aromatic heterocycles. The number of amides is 1.